The molecule has 0 N–H and O–H groups in total. The van der Waals surface area contributed by atoms with E-state index in [1.807, 2.05) is 73.7 Å². The van der Waals surface area contributed by atoms with Crippen molar-refractivity contribution in [2.24, 2.45) is 0 Å². The minimum atomic E-state index is -0.941. The van der Waals surface area contributed by atoms with Crippen molar-refractivity contribution in [3.8, 4) is 11.5 Å². The quantitative estimate of drug-likeness (QED) is 0.571. The van der Waals surface area contributed by atoms with Gasteiger partial charge in [-0.05, 0) is 24.6 Å². The van der Waals surface area contributed by atoms with E-state index in [4.69, 9.17) is 9.47 Å². The minimum Gasteiger partial charge on any atom is -0.456 e. The lowest BCUT2D eigenvalue weighted by Crippen LogP contribution is -2.32. The Morgan fingerprint density at radius 1 is 0.750 bits per heavy atom. The lowest BCUT2D eigenvalue weighted by molar-refractivity contribution is 0.0224. The molecule has 0 fully saturated rings. The van der Waals surface area contributed by atoms with Crippen molar-refractivity contribution in [2.45, 2.75) is 12.5 Å². The summed E-state index contributed by atoms with van der Waals surface area (Å²) in [4.78, 5) is 12.7. The van der Waals surface area contributed by atoms with Crippen LogP contribution in [-0.2, 0) is 10.3 Å². The van der Waals surface area contributed by atoms with E-state index in [9.17, 15) is 4.79 Å². The topological polar surface area (TPSA) is 35.5 Å². The molecule has 0 saturated carbocycles. The molecule has 3 heteroatoms. The Labute approximate surface area is 139 Å². The molecule has 2 heterocycles. The summed E-state index contributed by atoms with van der Waals surface area (Å²) in [6.45, 7) is 1.94. The molecule has 2 aliphatic heterocycles. The average molecular weight is 314 g/mol. The molecule has 5 rings (SSSR count). The van der Waals surface area contributed by atoms with Gasteiger partial charge in [-0.1, -0.05) is 54.6 Å². The van der Waals surface area contributed by atoms with Crippen LogP contribution in [0, 0.1) is 6.92 Å². The first kappa shape index (κ1) is 13.4. The average Bonchev–Trinajstić information content (AvgIpc) is 2.90. The molecule has 1 spiro atoms. The lowest BCUT2D eigenvalue weighted by atomic mass is 9.77. The van der Waals surface area contributed by atoms with Crippen LogP contribution in [0.15, 0.2) is 66.7 Å². The van der Waals surface area contributed by atoms with Crippen molar-refractivity contribution in [1.82, 2.24) is 0 Å². The Bertz CT molecular complexity index is 958. The number of rotatable bonds is 0. The maximum Gasteiger partial charge on any atom is 0.340 e. The van der Waals surface area contributed by atoms with Gasteiger partial charge in [0, 0.05) is 16.7 Å². The van der Waals surface area contributed by atoms with Crippen LogP contribution >= 0.6 is 0 Å². The monoisotopic (exact) mass is 314 g/mol. The molecular formula is C21H14O3. The maximum absolute atomic E-state index is 12.7. The number of fused-ring (bicyclic) bond motifs is 6. The summed E-state index contributed by atoms with van der Waals surface area (Å²) in [7, 11) is 0. The zero-order valence-corrected chi connectivity index (χ0v) is 13.1. The van der Waals surface area contributed by atoms with Crippen molar-refractivity contribution in [3.05, 3.63) is 94.5 Å². The Hall–Kier alpha value is -3.07. The first-order chi connectivity index (χ1) is 11.7. The first-order valence-corrected chi connectivity index (χ1v) is 7.92. The van der Waals surface area contributed by atoms with Gasteiger partial charge < -0.3 is 9.47 Å². The number of para-hydroxylation sites is 2. The van der Waals surface area contributed by atoms with E-state index in [2.05, 4.69) is 0 Å². The van der Waals surface area contributed by atoms with E-state index in [1.165, 1.54) is 0 Å². The molecule has 116 valence electrons. The molecule has 0 amide bonds. The number of esters is 1. The van der Waals surface area contributed by atoms with E-state index in [0.29, 0.717) is 5.56 Å². The van der Waals surface area contributed by atoms with Crippen molar-refractivity contribution in [1.29, 1.82) is 0 Å². The third-order valence-electron chi connectivity index (χ3n) is 4.85. The van der Waals surface area contributed by atoms with Crippen LogP contribution in [0.25, 0.3) is 0 Å². The number of ether oxygens (including phenoxy) is 2. The number of carbonyl (C=O) groups excluding carboxylic acids is 1. The molecule has 3 aromatic rings. The summed E-state index contributed by atoms with van der Waals surface area (Å²) in [5.74, 6) is 1.16. The zero-order chi connectivity index (χ0) is 16.3. The van der Waals surface area contributed by atoms with Crippen LogP contribution in [0.3, 0.4) is 0 Å². The fourth-order valence-electron chi connectivity index (χ4n) is 3.83. The number of carbonyl (C=O) groups is 1. The third-order valence-corrected chi connectivity index (χ3v) is 4.85. The van der Waals surface area contributed by atoms with E-state index in [-0.39, 0.29) is 5.97 Å². The summed E-state index contributed by atoms with van der Waals surface area (Å²) in [5.41, 5.74) is 3.25. The van der Waals surface area contributed by atoms with E-state index < -0.39 is 5.60 Å². The van der Waals surface area contributed by atoms with Gasteiger partial charge in [-0.25, -0.2) is 4.79 Å². The van der Waals surface area contributed by atoms with E-state index in [0.717, 1.165) is 33.8 Å². The summed E-state index contributed by atoms with van der Waals surface area (Å²) in [5, 5.41) is 0. The Morgan fingerprint density at radius 3 is 2.00 bits per heavy atom. The van der Waals surface area contributed by atoms with Crippen LogP contribution in [0.5, 0.6) is 11.5 Å². The Balaban J connectivity index is 1.94. The maximum atomic E-state index is 12.7. The van der Waals surface area contributed by atoms with E-state index >= 15 is 0 Å². The van der Waals surface area contributed by atoms with Gasteiger partial charge in [0.25, 0.3) is 0 Å². The highest BCUT2D eigenvalue weighted by molar-refractivity contribution is 5.98. The third kappa shape index (κ3) is 1.49. The number of hydrogen-bond donors (Lipinski definition) is 0. The standard InChI is InChI=1S/C21H14O3/c1-13-7-6-10-16-19(13)20(22)24-21(16)14-8-2-4-11-17(14)23-18-12-5-3-9-15(18)21/h2-12H,1H3. The molecule has 3 nitrogen and oxygen atoms in total. The normalized spacial score (nSPS) is 16.0. The van der Waals surface area contributed by atoms with Gasteiger partial charge in [-0.15, -0.1) is 0 Å². The molecule has 0 bridgehead atoms. The van der Waals surface area contributed by atoms with E-state index in [1.54, 1.807) is 0 Å². The molecule has 0 radical (unpaired) electrons. The molecule has 0 saturated heterocycles. The van der Waals surface area contributed by atoms with Gasteiger partial charge in [-0.2, -0.15) is 0 Å². The lowest BCUT2D eigenvalue weighted by Gasteiger charge is -2.36. The molecule has 0 atom stereocenters. The molecule has 0 aromatic heterocycles. The van der Waals surface area contributed by atoms with Crippen molar-refractivity contribution >= 4 is 5.97 Å². The van der Waals surface area contributed by atoms with Gasteiger partial charge in [0.1, 0.15) is 11.5 Å². The molecule has 0 aliphatic carbocycles. The number of hydrogen-bond acceptors (Lipinski definition) is 3. The summed E-state index contributed by atoms with van der Waals surface area (Å²) in [6, 6.07) is 21.4. The highest BCUT2D eigenvalue weighted by atomic mass is 16.6. The van der Waals surface area contributed by atoms with Gasteiger partial charge in [0.15, 0.2) is 5.60 Å². The van der Waals surface area contributed by atoms with Crippen LogP contribution in [0.1, 0.15) is 32.6 Å². The minimum absolute atomic E-state index is 0.283. The molecule has 24 heavy (non-hydrogen) atoms. The van der Waals surface area contributed by atoms with Gasteiger partial charge >= 0.3 is 5.97 Å². The number of benzene rings is 3. The molecule has 2 aliphatic rings. The second-order valence-corrected chi connectivity index (χ2v) is 6.16. The second kappa shape index (κ2) is 4.48. The predicted molar refractivity (Wildman–Crippen MR) is 89.4 cm³/mol. The Kier molecular flexibility index (Phi) is 2.50. The van der Waals surface area contributed by atoms with Crippen molar-refractivity contribution in [3.63, 3.8) is 0 Å². The predicted octanol–water partition coefficient (Wildman–Crippen LogP) is 4.56. The highest BCUT2D eigenvalue weighted by Crippen LogP contribution is 2.56. The molecule has 3 aromatic carbocycles. The van der Waals surface area contributed by atoms with Crippen molar-refractivity contribution in [2.75, 3.05) is 0 Å². The van der Waals surface area contributed by atoms with Gasteiger partial charge in [-0.3, -0.25) is 0 Å². The summed E-state index contributed by atoms with van der Waals surface area (Å²) < 4.78 is 12.1. The summed E-state index contributed by atoms with van der Waals surface area (Å²) >= 11 is 0. The van der Waals surface area contributed by atoms with Crippen molar-refractivity contribution < 1.29 is 14.3 Å². The smallest absolute Gasteiger partial charge is 0.340 e. The van der Waals surface area contributed by atoms with Crippen LogP contribution in [0.2, 0.25) is 0 Å². The number of aryl methyl sites for hydroxylation is 1. The highest BCUT2D eigenvalue weighted by Gasteiger charge is 2.53. The first-order valence-electron chi connectivity index (χ1n) is 7.92. The summed E-state index contributed by atoms with van der Waals surface area (Å²) in [6.07, 6.45) is 0. The zero-order valence-electron chi connectivity index (χ0n) is 13.1. The van der Waals surface area contributed by atoms with Crippen LogP contribution < -0.4 is 4.74 Å². The molecular weight excluding hydrogens is 300 g/mol. The van der Waals surface area contributed by atoms with Gasteiger partial charge in [0.2, 0.25) is 0 Å². The van der Waals surface area contributed by atoms with Crippen LogP contribution in [-0.4, -0.2) is 5.97 Å². The molecule has 0 unspecified atom stereocenters. The Morgan fingerprint density at radius 2 is 1.33 bits per heavy atom. The SMILES string of the molecule is Cc1cccc2c1C(=O)OC21c2ccccc2Oc2ccccc21. The second-order valence-electron chi connectivity index (χ2n) is 6.16. The fourth-order valence-corrected chi connectivity index (χ4v) is 3.83. The van der Waals surface area contributed by atoms with Gasteiger partial charge in [0.05, 0.1) is 5.56 Å². The fraction of sp³-hybridized carbons (Fsp3) is 0.0952. The largest absolute Gasteiger partial charge is 0.456 e. The van der Waals surface area contributed by atoms with Crippen LogP contribution in [0.4, 0.5) is 0 Å².